The van der Waals surface area contributed by atoms with Gasteiger partial charge in [0.2, 0.25) is 5.95 Å². The van der Waals surface area contributed by atoms with Crippen LogP contribution in [0.4, 0.5) is 5.95 Å². The van der Waals surface area contributed by atoms with E-state index in [1.807, 2.05) is 63.2 Å². The monoisotopic (exact) mass is 416 g/mol. The third kappa shape index (κ3) is 4.83. The summed E-state index contributed by atoms with van der Waals surface area (Å²) in [4.78, 5) is 16.7. The number of furan rings is 1. The van der Waals surface area contributed by atoms with Crippen molar-refractivity contribution in [3.63, 3.8) is 0 Å². The number of amides is 1. The van der Waals surface area contributed by atoms with E-state index < -0.39 is 5.91 Å². The average molecular weight is 416 g/mol. The van der Waals surface area contributed by atoms with Crippen LogP contribution in [0.5, 0.6) is 5.75 Å². The molecule has 0 saturated heterocycles. The standard InChI is InChI=1S/C24H24N4O3/c1-16-7-4-5-10-19(16)13-28-15-25-24(27-28)26-23(29)21-12-11-20(31-21)14-30-22-17(2)8-6-9-18(22)3/h4-12,15H,13-14H2,1-3H3,(H,26,27,29). The second-order valence-corrected chi connectivity index (χ2v) is 7.42. The topological polar surface area (TPSA) is 82.2 Å². The van der Waals surface area contributed by atoms with Crippen molar-refractivity contribution < 1.29 is 13.9 Å². The minimum absolute atomic E-state index is 0.176. The zero-order valence-electron chi connectivity index (χ0n) is 17.8. The zero-order chi connectivity index (χ0) is 21.8. The van der Waals surface area contributed by atoms with Crippen molar-refractivity contribution in [2.75, 3.05) is 5.32 Å². The molecule has 2 aromatic heterocycles. The summed E-state index contributed by atoms with van der Waals surface area (Å²) >= 11 is 0. The number of rotatable bonds is 7. The Bertz CT molecular complexity index is 1190. The number of carbonyl (C=O) groups is 1. The molecule has 0 unspecified atom stereocenters. The quantitative estimate of drug-likeness (QED) is 0.473. The second kappa shape index (κ2) is 8.87. The number of benzene rings is 2. The van der Waals surface area contributed by atoms with Crippen LogP contribution in [0.1, 0.15) is 38.6 Å². The molecular weight excluding hydrogens is 392 g/mol. The van der Waals surface area contributed by atoms with Gasteiger partial charge in [0, 0.05) is 0 Å². The van der Waals surface area contributed by atoms with Crippen LogP contribution in [0, 0.1) is 20.8 Å². The SMILES string of the molecule is Cc1ccccc1Cn1cnc(NC(=O)c2ccc(COc3c(C)cccc3C)o2)n1. The number of nitrogens with one attached hydrogen (secondary N) is 1. The van der Waals surface area contributed by atoms with E-state index >= 15 is 0 Å². The lowest BCUT2D eigenvalue weighted by atomic mass is 10.1. The summed E-state index contributed by atoms with van der Waals surface area (Å²) < 4.78 is 13.2. The highest BCUT2D eigenvalue weighted by molar-refractivity contribution is 6.01. The largest absolute Gasteiger partial charge is 0.485 e. The number of aromatic nitrogens is 3. The average Bonchev–Trinajstić information content (AvgIpc) is 3.39. The summed E-state index contributed by atoms with van der Waals surface area (Å²) in [6.07, 6.45) is 1.59. The van der Waals surface area contributed by atoms with Crippen molar-refractivity contribution in [3.05, 3.63) is 94.7 Å². The highest BCUT2D eigenvalue weighted by Gasteiger charge is 2.15. The van der Waals surface area contributed by atoms with Crippen molar-refractivity contribution in [1.29, 1.82) is 0 Å². The molecule has 1 N–H and O–H groups in total. The molecule has 0 aliphatic carbocycles. The molecule has 0 radical (unpaired) electrons. The maximum atomic E-state index is 12.5. The fourth-order valence-electron chi connectivity index (χ4n) is 3.30. The minimum Gasteiger partial charge on any atom is -0.485 e. The summed E-state index contributed by atoms with van der Waals surface area (Å²) in [6, 6.07) is 17.4. The van der Waals surface area contributed by atoms with Gasteiger partial charge in [0.25, 0.3) is 5.91 Å². The van der Waals surface area contributed by atoms with E-state index in [-0.39, 0.29) is 18.3 Å². The molecule has 0 fully saturated rings. The van der Waals surface area contributed by atoms with Gasteiger partial charge in [-0.05, 0) is 55.2 Å². The number of hydrogen-bond donors (Lipinski definition) is 1. The maximum Gasteiger partial charge on any atom is 0.293 e. The number of anilines is 1. The van der Waals surface area contributed by atoms with Gasteiger partial charge >= 0.3 is 0 Å². The third-order valence-corrected chi connectivity index (χ3v) is 5.01. The van der Waals surface area contributed by atoms with Crippen LogP contribution in [0.2, 0.25) is 0 Å². The van der Waals surface area contributed by atoms with Crippen molar-refractivity contribution in [1.82, 2.24) is 14.8 Å². The lowest BCUT2D eigenvalue weighted by molar-refractivity contribution is 0.0991. The fourth-order valence-corrected chi connectivity index (χ4v) is 3.30. The first kappa shape index (κ1) is 20.4. The molecule has 0 aliphatic heterocycles. The number of para-hydroxylation sites is 1. The summed E-state index contributed by atoms with van der Waals surface area (Å²) in [5, 5.41) is 6.99. The first-order valence-corrected chi connectivity index (χ1v) is 10.0. The highest BCUT2D eigenvalue weighted by Crippen LogP contribution is 2.24. The number of ether oxygens (including phenoxy) is 1. The van der Waals surface area contributed by atoms with Gasteiger partial charge in [0.05, 0.1) is 6.54 Å². The van der Waals surface area contributed by atoms with E-state index in [1.54, 1.807) is 23.1 Å². The Morgan fingerprint density at radius 3 is 2.52 bits per heavy atom. The molecule has 158 valence electrons. The van der Waals surface area contributed by atoms with E-state index in [4.69, 9.17) is 9.15 Å². The smallest absolute Gasteiger partial charge is 0.293 e. The molecule has 31 heavy (non-hydrogen) atoms. The first-order chi connectivity index (χ1) is 15.0. The Balaban J connectivity index is 1.36. The van der Waals surface area contributed by atoms with Crippen LogP contribution < -0.4 is 10.1 Å². The van der Waals surface area contributed by atoms with Crippen LogP contribution in [0.3, 0.4) is 0 Å². The van der Waals surface area contributed by atoms with Crippen LogP contribution >= 0.6 is 0 Å². The molecule has 2 aromatic carbocycles. The van der Waals surface area contributed by atoms with Crippen LogP contribution in [0.25, 0.3) is 0 Å². The van der Waals surface area contributed by atoms with E-state index in [0.717, 1.165) is 22.4 Å². The van der Waals surface area contributed by atoms with E-state index in [2.05, 4.69) is 15.4 Å². The predicted octanol–water partition coefficient (Wildman–Crippen LogP) is 4.68. The number of aryl methyl sites for hydroxylation is 3. The van der Waals surface area contributed by atoms with Gasteiger partial charge in [0.15, 0.2) is 5.76 Å². The van der Waals surface area contributed by atoms with Crippen LogP contribution in [-0.4, -0.2) is 20.7 Å². The molecule has 4 rings (SSSR count). The Morgan fingerprint density at radius 1 is 1.00 bits per heavy atom. The highest BCUT2D eigenvalue weighted by atomic mass is 16.5. The molecular formula is C24H24N4O3. The van der Waals surface area contributed by atoms with E-state index in [0.29, 0.717) is 12.3 Å². The summed E-state index contributed by atoms with van der Waals surface area (Å²) in [5.41, 5.74) is 4.42. The molecule has 0 bridgehead atoms. The molecule has 2 heterocycles. The molecule has 7 nitrogen and oxygen atoms in total. The third-order valence-electron chi connectivity index (χ3n) is 5.01. The van der Waals surface area contributed by atoms with Gasteiger partial charge in [-0.3, -0.25) is 10.1 Å². The second-order valence-electron chi connectivity index (χ2n) is 7.42. The summed E-state index contributed by atoms with van der Waals surface area (Å²) in [6.45, 7) is 6.86. The summed E-state index contributed by atoms with van der Waals surface area (Å²) in [5.74, 6) is 1.38. The lowest BCUT2D eigenvalue weighted by Crippen LogP contribution is -2.12. The van der Waals surface area contributed by atoms with Crippen molar-refractivity contribution in [2.24, 2.45) is 0 Å². The molecule has 7 heteroatoms. The molecule has 0 atom stereocenters. The fraction of sp³-hybridized carbons (Fsp3) is 0.208. The van der Waals surface area contributed by atoms with Gasteiger partial charge in [-0.25, -0.2) is 9.67 Å². The molecule has 0 saturated carbocycles. The van der Waals surface area contributed by atoms with Gasteiger partial charge in [-0.2, -0.15) is 0 Å². The van der Waals surface area contributed by atoms with Gasteiger partial charge < -0.3 is 9.15 Å². The molecule has 4 aromatic rings. The molecule has 0 aliphatic rings. The van der Waals surface area contributed by atoms with E-state index in [1.165, 1.54) is 5.56 Å². The predicted molar refractivity (Wildman–Crippen MR) is 117 cm³/mol. The normalized spacial score (nSPS) is 10.8. The van der Waals surface area contributed by atoms with Crippen molar-refractivity contribution in [2.45, 2.75) is 33.9 Å². The van der Waals surface area contributed by atoms with Crippen LogP contribution in [0.15, 0.2) is 65.3 Å². The summed E-state index contributed by atoms with van der Waals surface area (Å²) in [7, 11) is 0. The van der Waals surface area contributed by atoms with Crippen molar-refractivity contribution >= 4 is 11.9 Å². The van der Waals surface area contributed by atoms with Gasteiger partial charge in [-0.1, -0.05) is 42.5 Å². The Kier molecular flexibility index (Phi) is 5.84. The molecule has 0 spiro atoms. The van der Waals surface area contributed by atoms with Crippen LogP contribution in [-0.2, 0) is 13.2 Å². The number of hydrogen-bond acceptors (Lipinski definition) is 5. The number of nitrogens with zero attached hydrogens (tertiary/aromatic N) is 3. The van der Waals surface area contributed by atoms with Crippen molar-refractivity contribution in [3.8, 4) is 5.75 Å². The molecule has 1 amide bonds. The Labute approximate surface area is 180 Å². The van der Waals surface area contributed by atoms with Gasteiger partial charge in [-0.15, -0.1) is 5.10 Å². The van der Waals surface area contributed by atoms with Gasteiger partial charge in [0.1, 0.15) is 24.4 Å². The Hall–Kier alpha value is -3.87. The van der Waals surface area contributed by atoms with E-state index in [9.17, 15) is 4.79 Å². The minimum atomic E-state index is -0.410. The number of carbonyl (C=O) groups excluding carboxylic acids is 1. The lowest BCUT2D eigenvalue weighted by Gasteiger charge is -2.10. The Morgan fingerprint density at radius 2 is 1.74 bits per heavy atom. The zero-order valence-corrected chi connectivity index (χ0v) is 17.8. The first-order valence-electron chi connectivity index (χ1n) is 10.0. The maximum absolute atomic E-state index is 12.5.